The second kappa shape index (κ2) is 9.07. The van der Waals surface area contributed by atoms with Gasteiger partial charge in [-0.2, -0.15) is 0 Å². The summed E-state index contributed by atoms with van der Waals surface area (Å²) in [7, 11) is 0. The lowest BCUT2D eigenvalue weighted by Crippen LogP contribution is -2.58. The highest BCUT2D eigenvalue weighted by Gasteiger charge is 2.38. The fraction of sp³-hybridized carbons (Fsp3) is 0.263. The molecule has 162 valence electrons. The first-order valence-corrected chi connectivity index (χ1v) is 9.16. The monoisotopic (exact) mass is 430 g/mol. The highest BCUT2D eigenvalue weighted by Crippen LogP contribution is 2.34. The Morgan fingerprint density at radius 2 is 1.77 bits per heavy atom. The smallest absolute Gasteiger partial charge is 0.410 e. The predicted molar refractivity (Wildman–Crippen MR) is 107 cm³/mol. The molecule has 31 heavy (non-hydrogen) atoms. The third kappa shape index (κ3) is 4.86. The van der Waals surface area contributed by atoms with E-state index in [-0.39, 0.29) is 31.9 Å². The van der Waals surface area contributed by atoms with Gasteiger partial charge >= 0.3 is 12.1 Å². The zero-order valence-corrected chi connectivity index (χ0v) is 16.1. The number of carboxylic acids is 1. The highest BCUT2D eigenvalue weighted by atomic mass is 16.6. The van der Waals surface area contributed by atoms with Crippen LogP contribution in [0, 0.1) is 20.2 Å². The number of nitrogens with zero attached hydrogens (tertiary/aromatic N) is 4. The number of piperazine rings is 1. The molecule has 0 aromatic heterocycles. The van der Waals surface area contributed by atoms with Gasteiger partial charge in [-0.05, 0) is 11.6 Å². The Morgan fingerprint density at radius 3 is 2.39 bits per heavy atom. The van der Waals surface area contributed by atoms with Crippen molar-refractivity contribution in [3.8, 4) is 0 Å². The van der Waals surface area contributed by atoms with Crippen LogP contribution in [-0.4, -0.2) is 57.6 Å². The van der Waals surface area contributed by atoms with Gasteiger partial charge in [0.15, 0.2) is 0 Å². The largest absolute Gasteiger partial charge is 0.480 e. The van der Waals surface area contributed by atoms with E-state index in [0.717, 1.165) is 23.8 Å². The number of ether oxygens (including phenoxy) is 1. The molecule has 1 saturated heterocycles. The summed E-state index contributed by atoms with van der Waals surface area (Å²) in [6.07, 6.45) is -0.701. The molecule has 0 radical (unpaired) electrons. The van der Waals surface area contributed by atoms with Crippen LogP contribution in [0.15, 0.2) is 48.5 Å². The number of rotatable bonds is 6. The van der Waals surface area contributed by atoms with Crippen molar-refractivity contribution in [2.45, 2.75) is 12.6 Å². The van der Waals surface area contributed by atoms with E-state index in [1.54, 1.807) is 24.3 Å². The fourth-order valence-corrected chi connectivity index (χ4v) is 3.27. The summed E-state index contributed by atoms with van der Waals surface area (Å²) in [4.78, 5) is 47.5. The number of nitro groups is 2. The van der Waals surface area contributed by atoms with Gasteiger partial charge in [0.25, 0.3) is 11.4 Å². The SMILES string of the molecule is O=C(O)C1CN(C(=O)OCc2ccccc2)CCN1c1ccc([N+](=O)[O-])cc1[N+](=O)[O-]. The number of carbonyl (C=O) groups excluding carboxylic acids is 1. The Kier molecular flexibility index (Phi) is 6.29. The quantitative estimate of drug-likeness (QED) is 0.537. The van der Waals surface area contributed by atoms with E-state index < -0.39 is 39.3 Å². The van der Waals surface area contributed by atoms with E-state index in [1.165, 1.54) is 9.80 Å². The predicted octanol–water partition coefficient (Wildman–Crippen LogP) is 2.42. The summed E-state index contributed by atoms with van der Waals surface area (Å²) in [6.45, 7) is -0.218. The minimum atomic E-state index is -1.30. The number of aliphatic carboxylic acids is 1. The molecule has 1 aliphatic heterocycles. The number of nitro benzene ring substituents is 2. The third-order valence-electron chi connectivity index (χ3n) is 4.80. The lowest BCUT2D eigenvalue weighted by Gasteiger charge is -2.39. The van der Waals surface area contributed by atoms with Gasteiger partial charge in [0.05, 0.1) is 22.5 Å². The van der Waals surface area contributed by atoms with Gasteiger partial charge in [-0.3, -0.25) is 20.2 Å². The van der Waals surface area contributed by atoms with Gasteiger partial charge in [-0.15, -0.1) is 0 Å². The molecule has 1 N–H and O–H groups in total. The van der Waals surface area contributed by atoms with Crippen LogP contribution in [-0.2, 0) is 16.1 Å². The Morgan fingerprint density at radius 1 is 1.06 bits per heavy atom. The number of amides is 1. The van der Waals surface area contributed by atoms with Crippen molar-refractivity contribution in [1.29, 1.82) is 0 Å². The Bertz CT molecular complexity index is 1010. The maximum atomic E-state index is 12.4. The minimum Gasteiger partial charge on any atom is -0.480 e. The number of anilines is 1. The van der Waals surface area contributed by atoms with Crippen LogP contribution >= 0.6 is 0 Å². The average molecular weight is 430 g/mol. The Balaban J connectivity index is 1.78. The van der Waals surface area contributed by atoms with Crippen molar-refractivity contribution in [1.82, 2.24) is 4.90 Å². The number of non-ortho nitro benzene ring substituents is 1. The Hall–Kier alpha value is -4.22. The van der Waals surface area contributed by atoms with E-state index in [2.05, 4.69) is 0 Å². The minimum absolute atomic E-state index is 0.0193. The van der Waals surface area contributed by atoms with Crippen molar-refractivity contribution in [2.24, 2.45) is 0 Å². The molecule has 1 amide bonds. The topological polar surface area (TPSA) is 156 Å². The summed E-state index contributed by atoms with van der Waals surface area (Å²) >= 11 is 0. The van der Waals surface area contributed by atoms with E-state index in [9.17, 15) is 34.9 Å². The maximum Gasteiger partial charge on any atom is 0.410 e. The molecule has 0 aliphatic carbocycles. The molecule has 0 bridgehead atoms. The van der Waals surface area contributed by atoms with Gasteiger partial charge in [0.1, 0.15) is 18.3 Å². The van der Waals surface area contributed by atoms with Crippen molar-refractivity contribution in [3.05, 3.63) is 74.3 Å². The molecule has 1 unspecified atom stereocenters. The lowest BCUT2D eigenvalue weighted by atomic mass is 10.1. The van der Waals surface area contributed by atoms with E-state index in [0.29, 0.717) is 0 Å². The highest BCUT2D eigenvalue weighted by molar-refractivity contribution is 5.82. The van der Waals surface area contributed by atoms with Crippen LogP contribution in [0.4, 0.5) is 21.9 Å². The Labute approximate surface area is 175 Å². The molecule has 1 aliphatic rings. The number of hydrogen-bond donors (Lipinski definition) is 1. The first kappa shape index (κ1) is 21.5. The fourth-order valence-electron chi connectivity index (χ4n) is 3.27. The summed E-state index contributed by atoms with van der Waals surface area (Å²) in [6, 6.07) is 10.7. The number of hydrogen-bond acceptors (Lipinski definition) is 8. The van der Waals surface area contributed by atoms with Gasteiger partial charge in [0, 0.05) is 19.2 Å². The third-order valence-corrected chi connectivity index (χ3v) is 4.80. The molecule has 2 aromatic carbocycles. The van der Waals surface area contributed by atoms with Crippen LogP contribution in [0.5, 0.6) is 0 Å². The average Bonchev–Trinajstić information content (AvgIpc) is 2.77. The zero-order valence-electron chi connectivity index (χ0n) is 16.1. The molecule has 3 rings (SSSR count). The first-order chi connectivity index (χ1) is 14.8. The van der Waals surface area contributed by atoms with Crippen molar-refractivity contribution >= 4 is 29.1 Å². The first-order valence-electron chi connectivity index (χ1n) is 9.16. The molecular weight excluding hydrogens is 412 g/mol. The second-order valence-corrected chi connectivity index (χ2v) is 6.72. The van der Waals surface area contributed by atoms with Gasteiger partial charge in [-0.1, -0.05) is 30.3 Å². The number of benzene rings is 2. The van der Waals surface area contributed by atoms with E-state index in [1.807, 2.05) is 6.07 Å². The van der Waals surface area contributed by atoms with Gasteiger partial charge in [-0.25, -0.2) is 9.59 Å². The van der Waals surface area contributed by atoms with Crippen LogP contribution in [0.2, 0.25) is 0 Å². The molecule has 1 heterocycles. The summed E-state index contributed by atoms with van der Waals surface area (Å²) in [5.74, 6) is -1.30. The van der Waals surface area contributed by atoms with Crippen molar-refractivity contribution in [2.75, 3.05) is 24.5 Å². The van der Waals surface area contributed by atoms with Gasteiger partial charge in [0.2, 0.25) is 0 Å². The van der Waals surface area contributed by atoms with Crippen LogP contribution in [0.3, 0.4) is 0 Å². The second-order valence-electron chi connectivity index (χ2n) is 6.72. The van der Waals surface area contributed by atoms with Crippen molar-refractivity contribution < 1.29 is 29.3 Å². The van der Waals surface area contributed by atoms with Crippen molar-refractivity contribution in [3.63, 3.8) is 0 Å². The van der Waals surface area contributed by atoms with Crippen LogP contribution in [0.25, 0.3) is 0 Å². The normalized spacial score (nSPS) is 15.9. The number of carbonyl (C=O) groups is 2. The van der Waals surface area contributed by atoms with E-state index in [4.69, 9.17) is 4.74 Å². The number of carboxylic acid groups (broad SMARTS) is 1. The van der Waals surface area contributed by atoms with Crippen LogP contribution < -0.4 is 4.90 Å². The molecule has 0 saturated carbocycles. The summed E-state index contributed by atoms with van der Waals surface area (Å²) < 4.78 is 5.23. The van der Waals surface area contributed by atoms with Gasteiger partial charge < -0.3 is 19.6 Å². The standard InChI is InChI=1S/C19H18N4O8/c24-18(25)17-11-20(19(26)31-12-13-4-2-1-3-5-13)8-9-21(17)15-7-6-14(22(27)28)10-16(15)23(29)30/h1-7,10,17H,8-9,11-12H2,(H,24,25). The summed E-state index contributed by atoms with van der Waals surface area (Å²) in [5.41, 5.74) is -0.364. The molecule has 1 fully saturated rings. The summed E-state index contributed by atoms with van der Waals surface area (Å²) in [5, 5.41) is 32.0. The van der Waals surface area contributed by atoms with E-state index >= 15 is 0 Å². The molecular formula is C19H18N4O8. The molecule has 1 atom stereocenters. The molecule has 0 spiro atoms. The zero-order chi connectivity index (χ0) is 22.5. The lowest BCUT2D eigenvalue weighted by molar-refractivity contribution is -0.393. The molecule has 12 heteroatoms. The maximum absolute atomic E-state index is 12.4. The van der Waals surface area contributed by atoms with Crippen LogP contribution in [0.1, 0.15) is 5.56 Å². The molecule has 12 nitrogen and oxygen atoms in total. The molecule has 2 aromatic rings.